The summed E-state index contributed by atoms with van der Waals surface area (Å²) in [6, 6.07) is 3.39. The first-order valence-electron chi connectivity index (χ1n) is 5.01. The Kier molecular flexibility index (Phi) is 3.20. The van der Waals surface area contributed by atoms with Gasteiger partial charge in [0, 0.05) is 35.9 Å². The van der Waals surface area contributed by atoms with E-state index in [0.29, 0.717) is 5.56 Å². The van der Waals surface area contributed by atoms with Crippen LogP contribution in [0, 0.1) is 5.41 Å². The highest BCUT2D eigenvalue weighted by molar-refractivity contribution is 6.14. The zero-order valence-electron chi connectivity index (χ0n) is 9.04. The minimum absolute atomic E-state index is 0.0809. The quantitative estimate of drug-likeness (QED) is 0.557. The number of fused-ring (bicyclic) bond motifs is 1. The van der Waals surface area contributed by atoms with E-state index in [0.717, 1.165) is 11.4 Å². The van der Waals surface area contributed by atoms with E-state index in [-0.39, 0.29) is 5.84 Å². The van der Waals surface area contributed by atoms with Gasteiger partial charge in [-0.2, -0.15) is 0 Å². The third-order valence-electron chi connectivity index (χ3n) is 2.15. The van der Waals surface area contributed by atoms with Crippen molar-refractivity contribution in [3.63, 3.8) is 0 Å². The molecule has 5 heteroatoms. The van der Waals surface area contributed by atoms with Crippen LogP contribution >= 0.6 is 0 Å². The lowest BCUT2D eigenvalue weighted by Crippen LogP contribution is -2.10. The van der Waals surface area contributed by atoms with Crippen molar-refractivity contribution in [3.05, 3.63) is 54.0 Å². The van der Waals surface area contributed by atoms with Crippen molar-refractivity contribution in [1.82, 2.24) is 4.98 Å². The normalized spacial score (nSPS) is 14.6. The summed E-state index contributed by atoms with van der Waals surface area (Å²) >= 11 is 0. The van der Waals surface area contributed by atoms with Crippen molar-refractivity contribution in [1.29, 1.82) is 5.41 Å². The lowest BCUT2D eigenvalue weighted by atomic mass is 10.2. The van der Waals surface area contributed by atoms with Crippen LogP contribution in [0.4, 0.5) is 0 Å². The van der Waals surface area contributed by atoms with Crippen LogP contribution in [0.3, 0.4) is 0 Å². The number of hydrogen-bond acceptors (Lipinski definition) is 4. The van der Waals surface area contributed by atoms with Gasteiger partial charge in [-0.05, 0) is 24.3 Å². The Morgan fingerprint density at radius 3 is 2.59 bits per heavy atom. The average Bonchev–Trinajstić information content (AvgIpc) is 2.93. The first-order chi connectivity index (χ1) is 8.27. The Bertz CT molecular complexity index is 511. The standard InChI is InChI=1S/C6H7N3.C6H4N2/c7-6(8)5-1-3-9-4-2-5;1-3-7-6-5(1)2-4-8-6/h1-4H,(H3,7,8);1-4H. The van der Waals surface area contributed by atoms with Crippen molar-refractivity contribution < 1.29 is 0 Å². The molecule has 0 spiro atoms. The summed E-state index contributed by atoms with van der Waals surface area (Å²) in [6.45, 7) is 0. The van der Waals surface area contributed by atoms with E-state index < -0.39 is 0 Å². The van der Waals surface area contributed by atoms with Crippen LogP contribution in [-0.4, -0.2) is 22.9 Å². The molecule has 5 nitrogen and oxygen atoms in total. The summed E-state index contributed by atoms with van der Waals surface area (Å²) in [5.41, 5.74) is 7.01. The number of nitrogens with zero attached hydrogens (tertiary/aromatic N) is 3. The fourth-order valence-corrected chi connectivity index (χ4v) is 1.29. The molecule has 0 bridgehead atoms. The number of nitrogens with two attached hydrogens (primary N) is 1. The second-order valence-electron chi connectivity index (χ2n) is 3.32. The zero-order chi connectivity index (χ0) is 12.1. The highest BCUT2D eigenvalue weighted by Gasteiger charge is 2.08. The minimum atomic E-state index is 0.0809. The Balaban J connectivity index is 0.000000127. The second kappa shape index (κ2) is 4.98. The number of amidine groups is 2. The summed E-state index contributed by atoms with van der Waals surface area (Å²) in [7, 11) is 0. The molecule has 0 atom stereocenters. The molecule has 0 fully saturated rings. The van der Waals surface area contributed by atoms with Gasteiger partial charge >= 0.3 is 0 Å². The Hall–Kier alpha value is -2.56. The van der Waals surface area contributed by atoms with Crippen molar-refractivity contribution in [2.24, 2.45) is 15.7 Å². The first kappa shape index (κ1) is 10.9. The summed E-state index contributed by atoms with van der Waals surface area (Å²) in [4.78, 5) is 11.7. The molecule has 1 aromatic heterocycles. The van der Waals surface area contributed by atoms with Gasteiger partial charge in [0.2, 0.25) is 0 Å². The maximum atomic E-state index is 6.99. The molecular weight excluding hydrogens is 214 g/mol. The van der Waals surface area contributed by atoms with Gasteiger partial charge in [-0.25, -0.2) is 9.98 Å². The molecule has 0 unspecified atom stereocenters. The zero-order valence-corrected chi connectivity index (χ0v) is 9.04. The molecule has 0 aromatic carbocycles. The molecule has 0 radical (unpaired) electrons. The molecular formula is C12H11N5. The molecule has 17 heavy (non-hydrogen) atoms. The third-order valence-corrected chi connectivity index (χ3v) is 2.15. The summed E-state index contributed by atoms with van der Waals surface area (Å²) < 4.78 is 0. The largest absolute Gasteiger partial charge is 0.384 e. The minimum Gasteiger partial charge on any atom is -0.384 e. The van der Waals surface area contributed by atoms with Crippen LogP contribution in [0.25, 0.3) is 0 Å². The fourth-order valence-electron chi connectivity index (χ4n) is 1.29. The van der Waals surface area contributed by atoms with Crippen molar-refractivity contribution in [2.75, 3.05) is 0 Å². The predicted octanol–water partition coefficient (Wildman–Crippen LogP) is 1.29. The van der Waals surface area contributed by atoms with Crippen LogP contribution in [0.1, 0.15) is 5.56 Å². The topological polar surface area (TPSA) is 87.5 Å². The van der Waals surface area contributed by atoms with E-state index >= 15 is 0 Å². The maximum absolute atomic E-state index is 6.99. The molecule has 0 aliphatic carbocycles. The fraction of sp³-hybridized carbons (Fsp3) is 0. The number of aromatic nitrogens is 1. The summed E-state index contributed by atoms with van der Waals surface area (Å²) in [5, 5.41) is 6.99. The van der Waals surface area contributed by atoms with Gasteiger partial charge < -0.3 is 5.73 Å². The van der Waals surface area contributed by atoms with E-state index in [1.165, 1.54) is 0 Å². The van der Waals surface area contributed by atoms with Gasteiger partial charge in [0.1, 0.15) is 5.84 Å². The van der Waals surface area contributed by atoms with Crippen LogP contribution in [0.5, 0.6) is 0 Å². The van der Waals surface area contributed by atoms with E-state index in [2.05, 4.69) is 15.0 Å². The molecule has 3 N–H and O–H groups in total. The number of aliphatic imine (C=N–C) groups is 2. The second-order valence-corrected chi connectivity index (χ2v) is 3.32. The van der Waals surface area contributed by atoms with E-state index in [4.69, 9.17) is 11.1 Å². The smallest absolute Gasteiger partial charge is 0.159 e. The highest BCUT2D eigenvalue weighted by atomic mass is 14.9. The number of nitrogen functional groups attached to an aromatic ring is 1. The lowest BCUT2D eigenvalue weighted by molar-refractivity contribution is 1.31. The monoisotopic (exact) mass is 225 g/mol. The molecule has 3 rings (SSSR count). The van der Waals surface area contributed by atoms with Gasteiger partial charge in [0.05, 0.1) is 0 Å². The van der Waals surface area contributed by atoms with Gasteiger partial charge in [-0.1, -0.05) is 0 Å². The number of rotatable bonds is 1. The third kappa shape index (κ3) is 2.72. The number of hydrogen-bond donors (Lipinski definition) is 2. The summed E-state index contributed by atoms with van der Waals surface area (Å²) in [5.74, 6) is 0.933. The van der Waals surface area contributed by atoms with Gasteiger partial charge in [0.25, 0.3) is 0 Å². The molecule has 2 aliphatic heterocycles. The highest BCUT2D eigenvalue weighted by Crippen LogP contribution is 2.12. The van der Waals surface area contributed by atoms with Crippen LogP contribution in [0.15, 0.2) is 58.4 Å². The molecule has 0 saturated heterocycles. The predicted molar refractivity (Wildman–Crippen MR) is 68.4 cm³/mol. The molecule has 2 aliphatic rings. The van der Waals surface area contributed by atoms with Gasteiger partial charge in [-0.15, -0.1) is 0 Å². The molecule has 3 heterocycles. The average molecular weight is 225 g/mol. The van der Waals surface area contributed by atoms with Crippen molar-refractivity contribution >= 4 is 17.9 Å². The number of allylic oxidation sites excluding steroid dienone is 1. The first-order valence-corrected chi connectivity index (χ1v) is 5.01. The van der Waals surface area contributed by atoms with Gasteiger partial charge in [-0.3, -0.25) is 10.4 Å². The molecule has 0 saturated carbocycles. The number of nitrogens with one attached hydrogen (secondary N) is 1. The van der Waals surface area contributed by atoms with E-state index in [9.17, 15) is 0 Å². The van der Waals surface area contributed by atoms with Crippen LogP contribution in [0.2, 0.25) is 0 Å². The Morgan fingerprint density at radius 2 is 2.00 bits per heavy atom. The molecule has 84 valence electrons. The maximum Gasteiger partial charge on any atom is 0.159 e. The van der Waals surface area contributed by atoms with E-state index in [1.807, 2.05) is 12.2 Å². The molecule has 0 amide bonds. The van der Waals surface area contributed by atoms with Gasteiger partial charge in [0.15, 0.2) is 5.84 Å². The Labute approximate surface area is 98.6 Å². The number of pyridine rings is 1. The molecule has 1 aromatic rings. The SMILES string of the molecule is C1=CC2=CC=NC2=N1.N=C(N)c1ccncc1. The lowest BCUT2D eigenvalue weighted by Gasteiger charge is -1.92. The van der Waals surface area contributed by atoms with Crippen LogP contribution < -0.4 is 5.73 Å². The summed E-state index contributed by atoms with van der Waals surface area (Å²) in [6.07, 6.45) is 10.6. The van der Waals surface area contributed by atoms with Crippen LogP contribution in [-0.2, 0) is 0 Å². The van der Waals surface area contributed by atoms with Crippen molar-refractivity contribution in [3.8, 4) is 0 Å². The van der Waals surface area contributed by atoms with Crippen molar-refractivity contribution in [2.45, 2.75) is 0 Å². The Morgan fingerprint density at radius 1 is 1.24 bits per heavy atom. The van der Waals surface area contributed by atoms with E-state index in [1.54, 1.807) is 36.9 Å².